The highest BCUT2D eigenvalue weighted by Crippen LogP contribution is 2.33. The molecule has 12 nitrogen and oxygen atoms in total. The van der Waals surface area contributed by atoms with Gasteiger partial charge in [-0.25, -0.2) is 14.2 Å². The molecule has 28 heavy (non-hydrogen) atoms. The maximum Gasteiger partial charge on any atom is 0.343 e. The van der Waals surface area contributed by atoms with E-state index in [1.165, 1.54) is 24.9 Å². The van der Waals surface area contributed by atoms with Gasteiger partial charge in [-0.2, -0.15) is 10.2 Å². The summed E-state index contributed by atoms with van der Waals surface area (Å²) in [7, 11) is 2.92. The number of methoxy groups -OCH3 is 1. The molecule has 0 unspecified atom stereocenters. The highest BCUT2D eigenvalue weighted by atomic mass is 16.5. The van der Waals surface area contributed by atoms with Gasteiger partial charge in [-0.3, -0.25) is 15.4 Å². The van der Waals surface area contributed by atoms with Crippen molar-refractivity contribution in [2.45, 2.75) is 26.6 Å². The standard InChI is InChI=1S/C16H23N9O3/c1-9-12(21-22-13-11(15(27)28-4)8-19-24(13)3)14(20-10(2)26)25(23-9)16-17-6-5-7-18-16/h8,16-18H,5-7H2,1-4H3,(H,20,26). The van der Waals surface area contributed by atoms with E-state index in [0.717, 1.165) is 19.5 Å². The number of hydrogen-bond donors (Lipinski definition) is 3. The van der Waals surface area contributed by atoms with Crippen LogP contribution in [0.25, 0.3) is 0 Å². The van der Waals surface area contributed by atoms with Crippen LogP contribution in [0.15, 0.2) is 16.4 Å². The van der Waals surface area contributed by atoms with Gasteiger partial charge < -0.3 is 10.1 Å². The number of aromatic nitrogens is 4. The molecule has 3 N–H and O–H groups in total. The number of azo groups is 1. The van der Waals surface area contributed by atoms with Gasteiger partial charge >= 0.3 is 5.97 Å². The molecule has 150 valence electrons. The first-order valence-corrected chi connectivity index (χ1v) is 8.78. The summed E-state index contributed by atoms with van der Waals surface area (Å²) in [5.41, 5.74) is 1.15. The van der Waals surface area contributed by atoms with E-state index in [4.69, 9.17) is 4.74 Å². The summed E-state index contributed by atoms with van der Waals surface area (Å²) >= 11 is 0. The third-order valence-corrected chi connectivity index (χ3v) is 4.18. The molecule has 0 radical (unpaired) electrons. The third-order valence-electron chi connectivity index (χ3n) is 4.18. The van der Waals surface area contributed by atoms with Crippen molar-refractivity contribution in [3.05, 3.63) is 17.5 Å². The Morgan fingerprint density at radius 3 is 2.68 bits per heavy atom. The van der Waals surface area contributed by atoms with Gasteiger partial charge in [0, 0.05) is 14.0 Å². The van der Waals surface area contributed by atoms with Crippen molar-refractivity contribution in [3.63, 3.8) is 0 Å². The third kappa shape index (κ3) is 3.92. The van der Waals surface area contributed by atoms with Crippen molar-refractivity contribution >= 4 is 29.2 Å². The maximum atomic E-state index is 11.9. The van der Waals surface area contributed by atoms with Crippen LogP contribution in [0.5, 0.6) is 0 Å². The Hall–Kier alpha value is -3.12. The van der Waals surface area contributed by atoms with E-state index in [2.05, 4.69) is 36.4 Å². The maximum absolute atomic E-state index is 11.9. The molecule has 1 amide bonds. The quantitative estimate of drug-likeness (QED) is 0.514. The van der Waals surface area contributed by atoms with Crippen molar-refractivity contribution in [3.8, 4) is 0 Å². The van der Waals surface area contributed by atoms with E-state index in [1.54, 1.807) is 18.7 Å². The molecule has 1 aliphatic rings. The minimum absolute atomic E-state index is 0.190. The number of rotatable bonds is 5. The average Bonchev–Trinajstić information content (AvgIpc) is 3.19. The summed E-state index contributed by atoms with van der Waals surface area (Å²) in [6.45, 7) is 4.82. The second-order valence-electron chi connectivity index (χ2n) is 6.27. The Kier molecular flexibility index (Phi) is 5.80. The van der Waals surface area contributed by atoms with E-state index in [1.807, 2.05) is 0 Å². The SMILES string of the molecule is COC(=O)c1cnn(C)c1N=Nc1c(C)nn(C2NCCCN2)c1NC(C)=O. The van der Waals surface area contributed by atoms with Crippen LogP contribution in [0.1, 0.15) is 35.7 Å². The molecule has 0 bridgehead atoms. The van der Waals surface area contributed by atoms with E-state index in [9.17, 15) is 9.59 Å². The molecule has 0 aliphatic carbocycles. The fourth-order valence-electron chi connectivity index (χ4n) is 2.84. The van der Waals surface area contributed by atoms with Crippen molar-refractivity contribution in [1.29, 1.82) is 0 Å². The fraction of sp³-hybridized carbons (Fsp3) is 0.500. The molecule has 0 atom stereocenters. The lowest BCUT2D eigenvalue weighted by atomic mass is 10.3. The minimum Gasteiger partial charge on any atom is -0.465 e. The summed E-state index contributed by atoms with van der Waals surface area (Å²) < 4.78 is 7.79. The second-order valence-corrected chi connectivity index (χ2v) is 6.27. The lowest BCUT2D eigenvalue weighted by Gasteiger charge is -2.26. The van der Waals surface area contributed by atoms with E-state index >= 15 is 0 Å². The molecule has 12 heteroatoms. The van der Waals surface area contributed by atoms with Crippen molar-refractivity contribution in [2.24, 2.45) is 17.3 Å². The minimum atomic E-state index is -0.563. The summed E-state index contributed by atoms with van der Waals surface area (Å²) in [6, 6.07) is 0. The van der Waals surface area contributed by atoms with Gasteiger partial charge in [0.25, 0.3) is 0 Å². The van der Waals surface area contributed by atoms with Crippen LogP contribution in [-0.2, 0) is 16.6 Å². The van der Waals surface area contributed by atoms with E-state index in [0.29, 0.717) is 17.2 Å². The molecule has 1 fully saturated rings. The van der Waals surface area contributed by atoms with E-state index in [-0.39, 0.29) is 23.6 Å². The number of anilines is 1. The Balaban J connectivity index is 2.01. The Bertz CT molecular complexity index is 909. The molecular formula is C16H23N9O3. The van der Waals surface area contributed by atoms with Crippen LogP contribution in [0.2, 0.25) is 0 Å². The van der Waals surface area contributed by atoms with E-state index < -0.39 is 5.97 Å². The normalized spacial score (nSPS) is 15.1. The zero-order chi connectivity index (χ0) is 20.3. The Morgan fingerprint density at radius 2 is 2.04 bits per heavy atom. The molecule has 1 aliphatic heterocycles. The molecule has 2 aromatic rings. The number of carbonyl (C=O) groups excluding carboxylic acids is 2. The number of nitrogens with zero attached hydrogens (tertiary/aromatic N) is 6. The second kappa shape index (κ2) is 8.27. The van der Waals surface area contributed by atoms with Crippen molar-refractivity contribution < 1.29 is 14.3 Å². The number of nitrogens with one attached hydrogen (secondary N) is 3. The van der Waals surface area contributed by atoms with Crippen LogP contribution < -0.4 is 16.0 Å². The summed E-state index contributed by atoms with van der Waals surface area (Å²) in [6.07, 6.45) is 2.08. The first-order chi connectivity index (χ1) is 13.4. The zero-order valence-electron chi connectivity index (χ0n) is 16.2. The summed E-state index contributed by atoms with van der Waals surface area (Å²) in [4.78, 5) is 23.6. The monoisotopic (exact) mass is 389 g/mol. The largest absolute Gasteiger partial charge is 0.465 e. The molecule has 2 aromatic heterocycles. The predicted molar refractivity (Wildman–Crippen MR) is 99.7 cm³/mol. The predicted octanol–water partition coefficient (Wildman–Crippen LogP) is 1.12. The highest BCUT2D eigenvalue weighted by molar-refractivity contribution is 5.94. The molecule has 0 aromatic carbocycles. The van der Waals surface area contributed by atoms with Gasteiger partial charge in [-0.15, -0.1) is 10.2 Å². The first kappa shape index (κ1) is 19.6. The Morgan fingerprint density at radius 1 is 1.32 bits per heavy atom. The molecule has 0 saturated carbocycles. The smallest absolute Gasteiger partial charge is 0.343 e. The number of amides is 1. The van der Waals surface area contributed by atoms with Gasteiger partial charge in [-0.1, -0.05) is 0 Å². The zero-order valence-corrected chi connectivity index (χ0v) is 16.2. The van der Waals surface area contributed by atoms with Crippen LogP contribution >= 0.6 is 0 Å². The van der Waals surface area contributed by atoms with Crippen LogP contribution in [-0.4, -0.2) is 51.6 Å². The Labute approximate surface area is 161 Å². The number of aryl methyl sites for hydroxylation is 2. The molecule has 1 saturated heterocycles. The van der Waals surface area contributed by atoms with Gasteiger partial charge in [-0.05, 0) is 26.4 Å². The van der Waals surface area contributed by atoms with Crippen molar-refractivity contribution in [2.75, 3.05) is 25.5 Å². The van der Waals surface area contributed by atoms with Crippen LogP contribution in [0.4, 0.5) is 17.3 Å². The number of ether oxygens (including phenoxy) is 1. The summed E-state index contributed by atoms with van der Waals surface area (Å²) in [5, 5.41) is 26.3. The van der Waals surface area contributed by atoms with Crippen molar-refractivity contribution in [1.82, 2.24) is 30.2 Å². The van der Waals surface area contributed by atoms with Crippen LogP contribution in [0.3, 0.4) is 0 Å². The fourth-order valence-corrected chi connectivity index (χ4v) is 2.84. The lowest BCUT2D eigenvalue weighted by Crippen LogP contribution is -2.45. The highest BCUT2D eigenvalue weighted by Gasteiger charge is 2.24. The summed E-state index contributed by atoms with van der Waals surface area (Å²) in [5.74, 6) is -0.180. The lowest BCUT2D eigenvalue weighted by molar-refractivity contribution is -0.114. The number of hydrogen-bond acceptors (Lipinski definition) is 9. The van der Waals surface area contributed by atoms with Gasteiger partial charge in [0.05, 0.1) is 19.0 Å². The topological polar surface area (TPSA) is 140 Å². The first-order valence-electron chi connectivity index (χ1n) is 8.78. The van der Waals surface area contributed by atoms with Gasteiger partial charge in [0.2, 0.25) is 5.91 Å². The number of carbonyl (C=O) groups is 2. The van der Waals surface area contributed by atoms with Crippen LogP contribution in [0, 0.1) is 6.92 Å². The average molecular weight is 389 g/mol. The molecule has 3 rings (SSSR count). The van der Waals surface area contributed by atoms with Gasteiger partial charge in [0.15, 0.2) is 23.6 Å². The molecular weight excluding hydrogens is 366 g/mol. The molecule has 0 spiro atoms. The van der Waals surface area contributed by atoms with Gasteiger partial charge in [0.1, 0.15) is 5.56 Å². The molecule has 3 heterocycles. The number of esters is 1.